The number of ether oxygens (including phenoxy) is 1. The van der Waals surface area contributed by atoms with Gasteiger partial charge < -0.3 is 15.2 Å². The molecule has 0 radical (unpaired) electrons. The molecule has 3 atom stereocenters. The number of hydrogen-bond donors (Lipinski definition) is 2. The maximum absolute atomic E-state index is 11.9. The van der Waals surface area contributed by atoms with E-state index in [0.717, 1.165) is 12.0 Å². The van der Waals surface area contributed by atoms with Crippen molar-refractivity contribution in [1.82, 2.24) is 5.32 Å². The minimum atomic E-state index is -0.332. The Morgan fingerprint density at radius 3 is 2.83 bits per heavy atom. The fourth-order valence-electron chi connectivity index (χ4n) is 2.04. The van der Waals surface area contributed by atoms with Gasteiger partial charge in [-0.3, -0.25) is 4.79 Å². The van der Waals surface area contributed by atoms with Crippen LogP contribution in [0.3, 0.4) is 0 Å². The number of rotatable bonds is 6. The lowest BCUT2D eigenvalue weighted by atomic mass is 10.1. The van der Waals surface area contributed by atoms with Gasteiger partial charge in [0.15, 0.2) is 0 Å². The van der Waals surface area contributed by atoms with E-state index >= 15 is 0 Å². The summed E-state index contributed by atoms with van der Waals surface area (Å²) < 4.78 is 5.38. The van der Waals surface area contributed by atoms with Crippen molar-refractivity contribution in [2.75, 3.05) is 13.2 Å². The van der Waals surface area contributed by atoms with Crippen molar-refractivity contribution in [3.8, 4) is 0 Å². The molecule has 98 valence electrons. The Balaban J connectivity index is 1.90. The van der Waals surface area contributed by atoms with E-state index in [1.54, 1.807) is 0 Å². The summed E-state index contributed by atoms with van der Waals surface area (Å²) in [6.45, 7) is 2.46. The Morgan fingerprint density at radius 1 is 1.50 bits per heavy atom. The van der Waals surface area contributed by atoms with Crippen LogP contribution in [0.2, 0.25) is 0 Å². The molecule has 1 fully saturated rings. The van der Waals surface area contributed by atoms with Gasteiger partial charge in [-0.2, -0.15) is 0 Å². The molecule has 2 N–H and O–H groups in total. The van der Waals surface area contributed by atoms with Crippen LogP contribution in [0.5, 0.6) is 0 Å². The topological polar surface area (TPSA) is 58.6 Å². The van der Waals surface area contributed by atoms with Crippen molar-refractivity contribution in [3.05, 3.63) is 35.9 Å². The van der Waals surface area contributed by atoms with Crippen LogP contribution in [0, 0.1) is 5.92 Å². The van der Waals surface area contributed by atoms with Gasteiger partial charge >= 0.3 is 0 Å². The van der Waals surface area contributed by atoms with E-state index in [-0.39, 0.29) is 30.6 Å². The Hall–Kier alpha value is -1.39. The van der Waals surface area contributed by atoms with Gasteiger partial charge in [0.1, 0.15) is 0 Å². The Kier molecular flexibility index (Phi) is 4.33. The number of nitrogens with one attached hydrogen (secondary N) is 1. The highest BCUT2D eigenvalue weighted by Gasteiger charge is 2.44. The monoisotopic (exact) mass is 249 g/mol. The van der Waals surface area contributed by atoms with Gasteiger partial charge in [0, 0.05) is 6.61 Å². The van der Waals surface area contributed by atoms with Crippen molar-refractivity contribution in [1.29, 1.82) is 0 Å². The molecule has 0 spiro atoms. The van der Waals surface area contributed by atoms with E-state index in [2.05, 4.69) is 5.32 Å². The van der Waals surface area contributed by atoms with Gasteiger partial charge in [-0.1, -0.05) is 30.3 Å². The lowest BCUT2D eigenvalue weighted by Gasteiger charge is -2.16. The van der Waals surface area contributed by atoms with Crippen LogP contribution in [-0.2, 0) is 9.53 Å². The summed E-state index contributed by atoms with van der Waals surface area (Å²) in [5.74, 6) is -0.0842. The number of aliphatic hydroxyl groups excluding tert-OH is 1. The van der Waals surface area contributed by atoms with Crippen LogP contribution in [-0.4, -0.2) is 30.3 Å². The summed E-state index contributed by atoms with van der Waals surface area (Å²) in [7, 11) is 0. The average Bonchev–Trinajstić information content (AvgIpc) is 3.16. The molecule has 18 heavy (non-hydrogen) atoms. The molecule has 0 heterocycles. The number of hydrogen-bond acceptors (Lipinski definition) is 3. The molecule has 0 aliphatic heterocycles. The third-order valence-corrected chi connectivity index (χ3v) is 3.15. The lowest BCUT2D eigenvalue weighted by Crippen LogP contribution is -2.32. The van der Waals surface area contributed by atoms with Gasteiger partial charge in [0.25, 0.3) is 0 Å². The first-order valence-electron chi connectivity index (χ1n) is 6.34. The maximum atomic E-state index is 11.9. The van der Waals surface area contributed by atoms with E-state index in [0.29, 0.717) is 6.61 Å². The fourth-order valence-corrected chi connectivity index (χ4v) is 2.04. The summed E-state index contributed by atoms with van der Waals surface area (Å²) in [6.07, 6.45) is 0.845. The molecule has 1 amide bonds. The quantitative estimate of drug-likeness (QED) is 0.798. The highest BCUT2D eigenvalue weighted by Crippen LogP contribution is 2.34. The first-order chi connectivity index (χ1) is 8.76. The highest BCUT2D eigenvalue weighted by molar-refractivity contribution is 5.82. The molecular weight excluding hydrogens is 230 g/mol. The summed E-state index contributed by atoms with van der Waals surface area (Å²) >= 11 is 0. The zero-order valence-electron chi connectivity index (χ0n) is 10.5. The summed E-state index contributed by atoms with van der Waals surface area (Å²) in [6, 6.07) is 9.16. The van der Waals surface area contributed by atoms with Gasteiger partial charge in [-0.15, -0.1) is 0 Å². The molecule has 2 rings (SSSR count). The standard InChI is InChI=1S/C14H19NO3/c1-2-18-13-8-11(13)14(17)15-12(9-16)10-6-4-3-5-7-10/h3-7,11-13,16H,2,8-9H2,1H3,(H,15,17). The normalized spacial score (nSPS) is 23.4. The number of benzene rings is 1. The molecule has 0 saturated heterocycles. The Morgan fingerprint density at radius 2 is 2.22 bits per heavy atom. The van der Waals surface area contributed by atoms with E-state index in [9.17, 15) is 9.90 Å². The van der Waals surface area contributed by atoms with Gasteiger partial charge in [0.05, 0.1) is 24.7 Å². The molecule has 3 unspecified atom stereocenters. The molecule has 1 aliphatic rings. The van der Waals surface area contributed by atoms with Gasteiger partial charge in [-0.25, -0.2) is 0 Å². The van der Waals surface area contributed by atoms with Crippen molar-refractivity contribution >= 4 is 5.91 Å². The Bertz CT molecular complexity index is 393. The molecule has 0 aromatic heterocycles. The first-order valence-corrected chi connectivity index (χ1v) is 6.34. The molecule has 4 nitrogen and oxygen atoms in total. The van der Waals surface area contributed by atoms with E-state index in [4.69, 9.17) is 4.74 Å². The Labute approximate surface area is 107 Å². The van der Waals surface area contributed by atoms with Crippen molar-refractivity contribution in [3.63, 3.8) is 0 Å². The predicted octanol–water partition coefficient (Wildman–Crippen LogP) is 1.26. The largest absolute Gasteiger partial charge is 0.394 e. The molecule has 1 saturated carbocycles. The van der Waals surface area contributed by atoms with Crippen LogP contribution < -0.4 is 5.32 Å². The average molecular weight is 249 g/mol. The molecular formula is C14H19NO3. The number of carbonyl (C=O) groups excluding carboxylic acids is 1. The third-order valence-electron chi connectivity index (χ3n) is 3.15. The van der Waals surface area contributed by atoms with Crippen molar-refractivity contribution < 1.29 is 14.6 Å². The zero-order chi connectivity index (χ0) is 13.0. The fraction of sp³-hybridized carbons (Fsp3) is 0.500. The molecule has 0 bridgehead atoms. The van der Waals surface area contributed by atoms with E-state index in [1.165, 1.54) is 0 Å². The second-order valence-corrected chi connectivity index (χ2v) is 4.49. The highest BCUT2D eigenvalue weighted by atomic mass is 16.5. The van der Waals surface area contributed by atoms with Crippen LogP contribution in [0.4, 0.5) is 0 Å². The maximum Gasteiger partial charge on any atom is 0.226 e. The van der Waals surface area contributed by atoms with E-state index < -0.39 is 0 Å². The zero-order valence-corrected chi connectivity index (χ0v) is 10.5. The third kappa shape index (κ3) is 3.09. The van der Waals surface area contributed by atoms with Crippen molar-refractivity contribution in [2.24, 2.45) is 5.92 Å². The van der Waals surface area contributed by atoms with Crippen LogP contribution in [0.15, 0.2) is 30.3 Å². The van der Waals surface area contributed by atoms with Gasteiger partial charge in [-0.05, 0) is 18.9 Å². The molecule has 1 aromatic carbocycles. The van der Waals surface area contributed by atoms with Crippen LogP contribution >= 0.6 is 0 Å². The number of amides is 1. The second-order valence-electron chi connectivity index (χ2n) is 4.49. The van der Waals surface area contributed by atoms with E-state index in [1.807, 2.05) is 37.3 Å². The predicted molar refractivity (Wildman–Crippen MR) is 67.9 cm³/mol. The van der Waals surface area contributed by atoms with Gasteiger partial charge in [0.2, 0.25) is 5.91 Å². The summed E-state index contributed by atoms with van der Waals surface area (Å²) in [4.78, 5) is 11.9. The van der Waals surface area contributed by atoms with Crippen LogP contribution in [0.1, 0.15) is 24.9 Å². The first kappa shape index (κ1) is 13.1. The summed E-state index contributed by atoms with van der Waals surface area (Å²) in [5, 5.41) is 12.2. The summed E-state index contributed by atoms with van der Waals surface area (Å²) in [5.41, 5.74) is 0.918. The molecule has 4 heteroatoms. The second kappa shape index (κ2) is 5.98. The minimum Gasteiger partial charge on any atom is -0.394 e. The van der Waals surface area contributed by atoms with Crippen LogP contribution in [0.25, 0.3) is 0 Å². The van der Waals surface area contributed by atoms with Crippen molar-refractivity contribution in [2.45, 2.75) is 25.5 Å². The SMILES string of the molecule is CCOC1CC1C(=O)NC(CO)c1ccccc1. The lowest BCUT2D eigenvalue weighted by molar-refractivity contribution is -0.124. The number of carbonyl (C=O) groups is 1. The smallest absolute Gasteiger partial charge is 0.226 e. The molecule has 1 aliphatic carbocycles. The minimum absolute atomic E-state index is 0.0312. The number of aliphatic hydroxyl groups is 1. The molecule has 1 aromatic rings.